The number of nitrogens with zero attached hydrogens (tertiary/aromatic N) is 1. The molecular formula is C9H13FN2. The first kappa shape index (κ1) is 9.16. The van der Waals surface area contributed by atoms with Gasteiger partial charge >= 0.3 is 0 Å². The lowest BCUT2D eigenvalue weighted by molar-refractivity contribution is 0.248. The van der Waals surface area contributed by atoms with Crippen LogP contribution in [0, 0.1) is 5.82 Å². The predicted molar refractivity (Wildman–Crippen MR) is 46.9 cm³/mol. The molecule has 0 bridgehead atoms. The van der Waals surface area contributed by atoms with Crippen LogP contribution >= 0.6 is 0 Å². The Hall–Kier alpha value is -0.930. The minimum Gasteiger partial charge on any atom is -0.258 e. The number of halogens is 1. The van der Waals surface area contributed by atoms with E-state index in [4.69, 9.17) is 0 Å². The highest BCUT2D eigenvalue weighted by Crippen LogP contribution is 2.07. The van der Waals surface area contributed by atoms with E-state index in [1.165, 1.54) is 6.07 Å². The Morgan fingerprint density at radius 3 is 2.67 bits per heavy atom. The van der Waals surface area contributed by atoms with Gasteiger partial charge in [-0.05, 0) is 13.1 Å². The van der Waals surface area contributed by atoms with Crippen molar-refractivity contribution in [1.82, 2.24) is 10.4 Å². The molecule has 0 saturated heterocycles. The molecule has 0 radical (unpaired) electrons. The van der Waals surface area contributed by atoms with E-state index in [0.29, 0.717) is 12.1 Å². The topological polar surface area (TPSA) is 15.3 Å². The summed E-state index contributed by atoms with van der Waals surface area (Å²) in [5.74, 6) is -0.153. The zero-order valence-electron chi connectivity index (χ0n) is 7.34. The van der Waals surface area contributed by atoms with Gasteiger partial charge in [-0.3, -0.25) is 5.43 Å². The van der Waals surface area contributed by atoms with Crippen LogP contribution in [0.15, 0.2) is 24.3 Å². The van der Waals surface area contributed by atoms with Crippen LogP contribution in [0.4, 0.5) is 4.39 Å². The monoisotopic (exact) mass is 168 g/mol. The van der Waals surface area contributed by atoms with E-state index in [1.807, 2.05) is 18.1 Å². The number of hydrogen-bond donors (Lipinski definition) is 1. The van der Waals surface area contributed by atoms with Gasteiger partial charge in [0.25, 0.3) is 0 Å². The third kappa shape index (κ3) is 2.29. The fourth-order valence-corrected chi connectivity index (χ4v) is 0.961. The zero-order valence-corrected chi connectivity index (χ0v) is 7.34. The second-order valence-corrected chi connectivity index (χ2v) is 2.67. The van der Waals surface area contributed by atoms with Gasteiger partial charge in [0.05, 0.1) is 0 Å². The summed E-state index contributed by atoms with van der Waals surface area (Å²) >= 11 is 0. The third-order valence-corrected chi connectivity index (χ3v) is 1.75. The van der Waals surface area contributed by atoms with Crippen LogP contribution in [-0.2, 0) is 6.54 Å². The number of hydrogen-bond acceptors (Lipinski definition) is 2. The third-order valence-electron chi connectivity index (χ3n) is 1.75. The smallest absolute Gasteiger partial charge is 0.127 e. The highest BCUT2D eigenvalue weighted by molar-refractivity contribution is 5.16. The summed E-state index contributed by atoms with van der Waals surface area (Å²) in [6, 6.07) is 6.78. The normalized spacial score (nSPS) is 10.7. The average Bonchev–Trinajstić information content (AvgIpc) is 2.09. The van der Waals surface area contributed by atoms with E-state index in [1.54, 1.807) is 19.2 Å². The molecule has 0 amide bonds. The van der Waals surface area contributed by atoms with Crippen molar-refractivity contribution in [3.63, 3.8) is 0 Å². The Bertz CT molecular complexity index is 250. The number of nitrogens with one attached hydrogen (secondary N) is 1. The summed E-state index contributed by atoms with van der Waals surface area (Å²) in [6.07, 6.45) is 0. The van der Waals surface area contributed by atoms with Gasteiger partial charge in [0.2, 0.25) is 0 Å². The van der Waals surface area contributed by atoms with Gasteiger partial charge in [0.15, 0.2) is 0 Å². The van der Waals surface area contributed by atoms with E-state index in [0.717, 1.165) is 0 Å². The van der Waals surface area contributed by atoms with Crippen LogP contribution in [0.1, 0.15) is 5.56 Å². The molecule has 12 heavy (non-hydrogen) atoms. The molecule has 3 heteroatoms. The molecule has 0 aliphatic carbocycles. The van der Waals surface area contributed by atoms with Crippen LogP contribution in [0.3, 0.4) is 0 Å². The lowest BCUT2D eigenvalue weighted by atomic mass is 10.2. The fraction of sp³-hybridized carbons (Fsp3) is 0.333. The maximum absolute atomic E-state index is 13.0. The summed E-state index contributed by atoms with van der Waals surface area (Å²) in [7, 11) is 3.67. The minimum absolute atomic E-state index is 0.153. The molecule has 0 heterocycles. The molecule has 0 unspecified atom stereocenters. The molecular weight excluding hydrogens is 155 g/mol. The molecule has 1 N–H and O–H groups in total. The van der Waals surface area contributed by atoms with E-state index in [-0.39, 0.29) is 5.82 Å². The van der Waals surface area contributed by atoms with Crippen molar-refractivity contribution >= 4 is 0 Å². The largest absolute Gasteiger partial charge is 0.258 e. The van der Waals surface area contributed by atoms with Gasteiger partial charge in [0.1, 0.15) is 5.82 Å². The van der Waals surface area contributed by atoms with E-state index in [9.17, 15) is 4.39 Å². The molecule has 0 aliphatic heterocycles. The zero-order chi connectivity index (χ0) is 8.97. The lowest BCUT2D eigenvalue weighted by Gasteiger charge is -2.14. The van der Waals surface area contributed by atoms with Gasteiger partial charge in [-0.25, -0.2) is 9.40 Å². The Kier molecular flexibility index (Phi) is 3.19. The molecule has 2 nitrogen and oxygen atoms in total. The quantitative estimate of drug-likeness (QED) is 0.686. The first-order valence-corrected chi connectivity index (χ1v) is 3.86. The van der Waals surface area contributed by atoms with Crippen molar-refractivity contribution in [2.75, 3.05) is 14.1 Å². The average molecular weight is 168 g/mol. The van der Waals surface area contributed by atoms with Crippen molar-refractivity contribution in [3.8, 4) is 0 Å². The van der Waals surface area contributed by atoms with Crippen LogP contribution in [0.25, 0.3) is 0 Å². The van der Waals surface area contributed by atoms with E-state index < -0.39 is 0 Å². The summed E-state index contributed by atoms with van der Waals surface area (Å²) in [5, 5.41) is 1.82. The molecule has 0 spiro atoms. The molecule has 1 aromatic carbocycles. The first-order chi connectivity index (χ1) is 5.74. The number of benzene rings is 1. The summed E-state index contributed by atoms with van der Waals surface area (Å²) in [6.45, 7) is 0.573. The lowest BCUT2D eigenvalue weighted by Crippen LogP contribution is -2.30. The summed E-state index contributed by atoms with van der Waals surface area (Å²) in [4.78, 5) is 0. The standard InChI is InChI=1S/C9H13FN2/c1-11-12(2)7-8-5-3-4-6-9(8)10/h3-6,11H,7H2,1-2H3. The molecule has 1 aromatic rings. The van der Waals surface area contributed by atoms with Gasteiger partial charge < -0.3 is 0 Å². The molecule has 0 aromatic heterocycles. The first-order valence-electron chi connectivity index (χ1n) is 3.86. The van der Waals surface area contributed by atoms with Crippen molar-refractivity contribution in [2.24, 2.45) is 0 Å². The molecule has 0 aliphatic rings. The Morgan fingerprint density at radius 1 is 1.42 bits per heavy atom. The summed E-state index contributed by atoms with van der Waals surface area (Å²) in [5.41, 5.74) is 3.61. The second-order valence-electron chi connectivity index (χ2n) is 2.67. The highest BCUT2D eigenvalue weighted by atomic mass is 19.1. The molecule has 66 valence electrons. The number of rotatable bonds is 3. The van der Waals surface area contributed by atoms with Gasteiger partial charge in [-0.15, -0.1) is 0 Å². The summed E-state index contributed by atoms with van der Waals surface area (Å²) < 4.78 is 13.0. The van der Waals surface area contributed by atoms with Crippen LogP contribution in [-0.4, -0.2) is 19.1 Å². The second kappa shape index (κ2) is 4.18. The molecule has 0 atom stereocenters. The Morgan fingerprint density at radius 2 is 2.08 bits per heavy atom. The van der Waals surface area contributed by atoms with Crippen LogP contribution in [0.2, 0.25) is 0 Å². The minimum atomic E-state index is -0.153. The van der Waals surface area contributed by atoms with Gasteiger partial charge in [0, 0.05) is 19.2 Å². The van der Waals surface area contributed by atoms with Crippen LogP contribution in [0.5, 0.6) is 0 Å². The van der Waals surface area contributed by atoms with Gasteiger partial charge in [-0.1, -0.05) is 18.2 Å². The highest BCUT2D eigenvalue weighted by Gasteiger charge is 2.01. The number of hydrazine groups is 1. The van der Waals surface area contributed by atoms with E-state index >= 15 is 0 Å². The van der Waals surface area contributed by atoms with Gasteiger partial charge in [-0.2, -0.15) is 0 Å². The fourth-order valence-electron chi connectivity index (χ4n) is 0.961. The van der Waals surface area contributed by atoms with Crippen molar-refractivity contribution in [2.45, 2.75) is 6.54 Å². The predicted octanol–water partition coefficient (Wildman–Crippen LogP) is 1.39. The maximum Gasteiger partial charge on any atom is 0.127 e. The van der Waals surface area contributed by atoms with Crippen molar-refractivity contribution in [1.29, 1.82) is 0 Å². The maximum atomic E-state index is 13.0. The molecule has 0 saturated carbocycles. The SMILES string of the molecule is CNN(C)Cc1ccccc1F. The molecule has 0 fully saturated rings. The Labute approximate surface area is 72.0 Å². The van der Waals surface area contributed by atoms with Crippen molar-refractivity contribution < 1.29 is 4.39 Å². The van der Waals surface area contributed by atoms with Crippen LogP contribution < -0.4 is 5.43 Å². The van der Waals surface area contributed by atoms with Crippen molar-refractivity contribution in [3.05, 3.63) is 35.6 Å². The molecule has 1 rings (SSSR count). The Balaban J connectivity index is 2.69. The van der Waals surface area contributed by atoms with E-state index in [2.05, 4.69) is 5.43 Å².